The van der Waals surface area contributed by atoms with E-state index >= 15 is 0 Å². The van der Waals surface area contributed by atoms with Crippen molar-refractivity contribution in [1.29, 1.82) is 0 Å². The number of nitrogen functional groups attached to an aromatic ring is 1. The summed E-state index contributed by atoms with van der Waals surface area (Å²) in [6, 6.07) is 3.06. The highest BCUT2D eigenvalue weighted by atomic mass is 32.1. The highest BCUT2D eigenvalue weighted by Crippen LogP contribution is 2.21. The number of rotatable bonds is 0. The van der Waals surface area contributed by atoms with Gasteiger partial charge in [-0.15, -0.1) is 0 Å². The number of nitrogens with zero attached hydrogens (tertiary/aromatic N) is 1. The van der Waals surface area contributed by atoms with Gasteiger partial charge in [0.2, 0.25) is 0 Å². The van der Waals surface area contributed by atoms with E-state index < -0.39 is 0 Å². The minimum atomic E-state index is -0.203. The summed E-state index contributed by atoms with van der Waals surface area (Å²) in [5, 5.41) is 0.485. The summed E-state index contributed by atoms with van der Waals surface area (Å²) >= 11 is 1.32. The second-order valence-corrected chi connectivity index (χ2v) is 3.60. The summed E-state index contributed by atoms with van der Waals surface area (Å²) in [5.41, 5.74) is 6.90. The molecule has 2 aromatic rings. The Kier molecular flexibility index (Phi) is 1.54. The minimum absolute atomic E-state index is 0.203. The molecule has 0 aliphatic rings. The van der Waals surface area contributed by atoms with E-state index in [0.717, 1.165) is 10.2 Å². The van der Waals surface area contributed by atoms with Crippen molar-refractivity contribution >= 4 is 40.0 Å². The molecular weight excluding hydrogens is 174 g/mol. The average molecular weight is 180 g/mol. The van der Waals surface area contributed by atoms with Gasteiger partial charge in [-0.3, -0.25) is 0 Å². The van der Waals surface area contributed by atoms with Gasteiger partial charge in [0, 0.05) is 0 Å². The van der Waals surface area contributed by atoms with Crippen molar-refractivity contribution in [2.24, 2.45) is 0 Å². The second-order valence-electron chi connectivity index (χ2n) is 2.57. The SMILES string of the molecule is Bc1c(F)ccc2nc(N)sc12. The molecule has 0 amide bonds. The van der Waals surface area contributed by atoms with Gasteiger partial charge in [0.05, 0.1) is 10.2 Å². The lowest BCUT2D eigenvalue weighted by Gasteiger charge is -1.94. The number of halogens is 1. The molecule has 0 aliphatic heterocycles. The lowest BCUT2D eigenvalue weighted by atomic mass is 9.95. The summed E-state index contributed by atoms with van der Waals surface area (Å²) in [7, 11) is 1.73. The van der Waals surface area contributed by atoms with Crippen LogP contribution in [0.5, 0.6) is 0 Å². The molecule has 0 saturated carbocycles. The van der Waals surface area contributed by atoms with E-state index in [0.29, 0.717) is 10.6 Å². The Labute approximate surface area is 73.6 Å². The van der Waals surface area contributed by atoms with Crippen LogP contribution in [0.1, 0.15) is 0 Å². The van der Waals surface area contributed by atoms with E-state index in [9.17, 15) is 4.39 Å². The highest BCUT2D eigenvalue weighted by Gasteiger charge is 2.06. The van der Waals surface area contributed by atoms with Crippen LogP contribution in [0.2, 0.25) is 0 Å². The third-order valence-electron chi connectivity index (χ3n) is 1.76. The van der Waals surface area contributed by atoms with Gasteiger partial charge in [0.1, 0.15) is 13.7 Å². The Bertz CT molecular complexity index is 440. The standard InChI is InChI=1S/C7H6BFN2S/c8-5-3(9)1-2-4-6(5)12-7(10)11-4/h1-2H,8H2,(H2,10,11). The van der Waals surface area contributed by atoms with Crippen LogP contribution in [0.3, 0.4) is 0 Å². The quantitative estimate of drug-likeness (QED) is 0.591. The number of fused-ring (bicyclic) bond motifs is 1. The first kappa shape index (κ1) is 7.55. The van der Waals surface area contributed by atoms with Gasteiger partial charge in [0.25, 0.3) is 0 Å². The monoisotopic (exact) mass is 180 g/mol. The fourth-order valence-corrected chi connectivity index (χ4v) is 1.94. The molecule has 0 atom stereocenters. The van der Waals surface area contributed by atoms with Crippen molar-refractivity contribution in [1.82, 2.24) is 4.98 Å². The zero-order valence-electron chi connectivity index (χ0n) is 6.47. The number of aromatic nitrogens is 1. The molecule has 12 heavy (non-hydrogen) atoms. The fraction of sp³-hybridized carbons (Fsp3) is 0. The molecule has 0 fully saturated rings. The van der Waals surface area contributed by atoms with Gasteiger partial charge >= 0.3 is 0 Å². The number of hydrogen-bond donors (Lipinski definition) is 1. The van der Waals surface area contributed by atoms with Crippen molar-refractivity contribution in [2.75, 3.05) is 5.73 Å². The molecule has 1 heterocycles. The average Bonchev–Trinajstić information content (AvgIpc) is 2.39. The van der Waals surface area contributed by atoms with Crippen LogP contribution in [-0.2, 0) is 0 Å². The van der Waals surface area contributed by atoms with Crippen LogP contribution in [0.4, 0.5) is 9.52 Å². The summed E-state index contributed by atoms with van der Waals surface area (Å²) in [5.74, 6) is -0.203. The third kappa shape index (κ3) is 0.974. The van der Waals surface area contributed by atoms with E-state index in [1.54, 1.807) is 13.9 Å². The molecule has 1 aromatic carbocycles. The topological polar surface area (TPSA) is 38.9 Å². The largest absolute Gasteiger partial charge is 0.375 e. The van der Waals surface area contributed by atoms with Crippen LogP contribution < -0.4 is 11.2 Å². The maximum absolute atomic E-state index is 13.0. The zero-order valence-corrected chi connectivity index (χ0v) is 7.28. The highest BCUT2D eigenvalue weighted by molar-refractivity contribution is 7.23. The van der Waals surface area contributed by atoms with Gasteiger partial charge in [-0.05, 0) is 17.6 Å². The second kappa shape index (κ2) is 2.45. The maximum atomic E-state index is 13.0. The number of benzene rings is 1. The van der Waals surface area contributed by atoms with Crippen LogP contribution in [0.25, 0.3) is 10.2 Å². The molecule has 0 spiro atoms. The first-order chi connectivity index (χ1) is 5.68. The molecule has 2 rings (SSSR count). The van der Waals surface area contributed by atoms with Crippen molar-refractivity contribution < 1.29 is 4.39 Å². The lowest BCUT2D eigenvalue weighted by molar-refractivity contribution is 0.637. The predicted molar refractivity (Wildman–Crippen MR) is 52.2 cm³/mol. The molecule has 0 aliphatic carbocycles. The lowest BCUT2D eigenvalue weighted by Crippen LogP contribution is -2.07. The summed E-state index contributed by atoms with van der Waals surface area (Å²) in [6.07, 6.45) is 0. The Morgan fingerprint density at radius 1 is 1.50 bits per heavy atom. The predicted octanol–water partition coefficient (Wildman–Crippen LogP) is 0.276. The molecular formula is C7H6BFN2S. The van der Waals surface area contributed by atoms with E-state index in [1.807, 2.05) is 0 Å². The van der Waals surface area contributed by atoms with E-state index in [2.05, 4.69) is 4.98 Å². The molecule has 0 radical (unpaired) electrons. The van der Waals surface area contributed by atoms with E-state index in [-0.39, 0.29) is 5.82 Å². The van der Waals surface area contributed by atoms with Crippen molar-refractivity contribution in [3.8, 4) is 0 Å². The molecule has 5 heteroatoms. The molecule has 2 N–H and O–H groups in total. The zero-order chi connectivity index (χ0) is 8.72. The van der Waals surface area contributed by atoms with Gasteiger partial charge in [-0.1, -0.05) is 11.3 Å². The number of nitrogens with two attached hydrogens (primary N) is 1. The molecule has 0 bridgehead atoms. The fourth-order valence-electron chi connectivity index (χ4n) is 1.12. The summed E-state index contributed by atoms with van der Waals surface area (Å²) in [6.45, 7) is 0. The number of anilines is 1. The van der Waals surface area contributed by atoms with Gasteiger partial charge < -0.3 is 5.73 Å². The Morgan fingerprint density at radius 2 is 2.25 bits per heavy atom. The van der Waals surface area contributed by atoms with Crippen LogP contribution >= 0.6 is 11.3 Å². The van der Waals surface area contributed by atoms with Crippen LogP contribution in [0.15, 0.2) is 12.1 Å². The van der Waals surface area contributed by atoms with Crippen molar-refractivity contribution in [2.45, 2.75) is 0 Å². The van der Waals surface area contributed by atoms with Gasteiger partial charge in [-0.2, -0.15) is 0 Å². The van der Waals surface area contributed by atoms with E-state index in [4.69, 9.17) is 5.73 Å². The van der Waals surface area contributed by atoms with E-state index in [1.165, 1.54) is 17.4 Å². The molecule has 0 saturated heterocycles. The first-order valence-electron chi connectivity index (χ1n) is 3.49. The normalized spacial score (nSPS) is 10.8. The Balaban J connectivity index is 2.89. The smallest absolute Gasteiger partial charge is 0.181 e. The third-order valence-corrected chi connectivity index (χ3v) is 2.78. The molecule has 1 aromatic heterocycles. The Morgan fingerprint density at radius 3 is 3.00 bits per heavy atom. The summed E-state index contributed by atoms with van der Waals surface area (Å²) in [4.78, 5) is 4.04. The Hall–Kier alpha value is -1.10. The summed E-state index contributed by atoms with van der Waals surface area (Å²) < 4.78 is 13.8. The van der Waals surface area contributed by atoms with Crippen LogP contribution in [0, 0.1) is 5.82 Å². The maximum Gasteiger partial charge on any atom is 0.181 e. The number of hydrogen-bond acceptors (Lipinski definition) is 3. The molecule has 0 unspecified atom stereocenters. The van der Waals surface area contributed by atoms with Crippen molar-refractivity contribution in [3.63, 3.8) is 0 Å². The first-order valence-corrected chi connectivity index (χ1v) is 4.31. The molecule has 2 nitrogen and oxygen atoms in total. The van der Waals surface area contributed by atoms with Crippen LogP contribution in [-0.4, -0.2) is 12.8 Å². The number of thiazole rings is 1. The van der Waals surface area contributed by atoms with Crippen molar-refractivity contribution in [3.05, 3.63) is 17.9 Å². The van der Waals surface area contributed by atoms with Gasteiger partial charge in [-0.25, -0.2) is 9.37 Å². The minimum Gasteiger partial charge on any atom is -0.375 e. The molecule has 60 valence electrons. The van der Waals surface area contributed by atoms with Gasteiger partial charge in [0.15, 0.2) is 5.13 Å².